The number of urea groups is 1. The monoisotopic (exact) mass is 436 g/mol. The van der Waals surface area contributed by atoms with Crippen LogP contribution in [-0.2, 0) is 28.4 Å². The first-order chi connectivity index (χ1) is 14.2. The van der Waals surface area contributed by atoms with E-state index in [0.29, 0.717) is 30.7 Å². The van der Waals surface area contributed by atoms with Gasteiger partial charge in [-0.15, -0.1) is 0 Å². The number of sulfonamides is 1. The largest absolute Gasteiger partial charge is 0.501 e. The van der Waals surface area contributed by atoms with E-state index in [0.717, 1.165) is 4.90 Å². The molecule has 1 aromatic heterocycles. The van der Waals surface area contributed by atoms with Crippen LogP contribution in [0.1, 0.15) is 25.3 Å². The van der Waals surface area contributed by atoms with Gasteiger partial charge in [0.05, 0.1) is 23.2 Å². The van der Waals surface area contributed by atoms with Crippen LogP contribution in [0.5, 0.6) is 0 Å². The van der Waals surface area contributed by atoms with Crippen molar-refractivity contribution in [1.82, 2.24) is 19.4 Å². The first-order valence-electron chi connectivity index (χ1n) is 9.67. The second-order valence-electron chi connectivity index (χ2n) is 7.80. The summed E-state index contributed by atoms with van der Waals surface area (Å²) < 4.78 is 44.1. The Morgan fingerprint density at radius 3 is 2.63 bits per heavy atom. The van der Waals surface area contributed by atoms with Crippen molar-refractivity contribution in [1.29, 1.82) is 0 Å². The van der Waals surface area contributed by atoms with E-state index in [-0.39, 0.29) is 11.4 Å². The third kappa shape index (κ3) is 3.52. The standard InChI is InChI=1S/C19H23FN5O4S/c1-3-24-16-5-4-14(30(28,29)22-19(12-20)6-7-19)8-15(16)17(26)25(18(24)27)11-13-9-21-23(2)10-13/h4-5,8-10,15,22H,3,6-7,11-12H2,1-2H3/q+1. The molecular formula is C19H23FN5O4S+. The van der Waals surface area contributed by atoms with E-state index in [2.05, 4.69) is 9.82 Å². The van der Waals surface area contributed by atoms with Gasteiger partial charge >= 0.3 is 11.9 Å². The highest BCUT2D eigenvalue weighted by Gasteiger charge is 2.49. The maximum atomic E-state index is 13.2. The Morgan fingerprint density at radius 2 is 2.07 bits per heavy atom. The molecule has 1 atom stereocenters. The van der Waals surface area contributed by atoms with Crippen molar-refractivity contribution >= 4 is 27.7 Å². The number of carbonyl (C=O) groups excluding carboxylic acids is 2. The summed E-state index contributed by atoms with van der Waals surface area (Å²) in [6.07, 6.45) is 8.32. The Labute approximate surface area is 173 Å². The van der Waals surface area contributed by atoms with Crippen molar-refractivity contribution in [3.8, 4) is 0 Å². The van der Waals surface area contributed by atoms with Crippen LogP contribution in [0.25, 0.3) is 0 Å². The molecular weight excluding hydrogens is 413 g/mol. The first kappa shape index (κ1) is 20.6. The number of aromatic nitrogens is 2. The smallest absolute Gasteiger partial charge is 0.275 e. The molecule has 160 valence electrons. The Balaban J connectivity index is 1.68. The number of imide groups is 1. The van der Waals surface area contributed by atoms with Gasteiger partial charge in [-0.25, -0.2) is 22.3 Å². The molecule has 3 amide bonds. The summed E-state index contributed by atoms with van der Waals surface area (Å²) in [7, 11) is -2.26. The molecule has 11 heteroatoms. The van der Waals surface area contributed by atoms with E-state index in [4.69, 9.17) is 0 Å². The molecule has 1 aliphatic heterocycles. The minimum absolute atomic E-state index is 0.0363. The number of hydrogen-bond donors (Lipinski definition) is 1. The fraction of sp³-hybridized carbons (Fsp3) is 0.474. The number of alkyl halides is 1. The predicted molar refractivity (Wildman–Crippen MR) is 106 cm³/mol. The Kier molecular flexibility index (Phi) is 4.97. The van der Waals surface area contributed by atoms with Gasteiger partial charge in [0, 0.05) is 18.8 Å². The number of amides is 3. The van der Waals surface area contributed by atoms with Crippen molar-refractivity contribution in [2.45, 2.75) is 31.8 Å². The summed E-state index contributed by atoms with van der Waals surface area (Å²) in [5.41, 5.74) is 0.0777. The molecule has 0 radical (unpaired) electrons. The molecule has 2 heterocycles. The molecule has 4 rings (SSSR count). The lowest BCUT2D eigenvalue weighted by atomic mass is 9.94. The van der Waals surface area contributed by atoms with Gasteiger partial charge in [-0.1, -0.05) is 0 Å². The molecule has 3 aliphatic rings. The molecule has 0 spiro atoms. The van der Waals surface area contributed by atoms with Crippen LogP contribution in [-0.4, -0.2) is 64.1 Å². The average molecular weight is 436 g/mol. The van der Waals surface area contributed by atoms with Crippen molar-refractivity contribution in [2.75, 3.05) is 13.2 Å². The molecule has 1 unspecified atom stereocenters. The molecule has 1 saturated carbocycles. The van der Waals surface area contributed by atoms with E-state index in [1.807, 2.05) is 0 Å². The molecule has 0 saturated heterocycles. The van der Waals surface area contributed by atoms with Gasteiger partial charge in [-0.3, -0.25) is 4.68 Å². The van der Waals surface area contributed by atoms with E-state index < -0.39 is 40.1 Å². The highest BCUT2D eigenvalue weighted by molar-refractivity contribution is 7.93. The van der Waals surface area contributed by atoms with Crippen molar-refractivity contribution in [3.05, 3.63) is 41.1 Å². The molecule has 9 nitrogen and oxygen atoms in total. The van der Waals surface area contributed by atoms with Crippen LogP contribution >= 0.6 is 0 Å². The van der Waals surface area contributed by atoms with Gasteiger partial charge < -0.3 is 0 Å². The summed E-state index contributed by atoms with van der Waals surface area (Å²) in [6.45, 7) is 1.36. The molecule has 30 heavy (non-hydrogen) atoms. The molecule has 2 aliphatic carbocycles. The predicted octanol–water partition coefficient (Wildman–Crippen LogP) is 0.847. The Hall–Kier alpha value is -2.66. The maximum absolute atomic E-state index is 13.2. The number of fused-ring (bicyclic) bond motifs is 1. The second kappa shape index (κ2) is 7.24. The van der Waals surface area contributed by atoms with Gasteiger partial charge in [0.15, 0.2) is 0 Å². The Morgan fingerprint density at radius 1 is 1.33 bits per heavy atom. The van der Waals surface area contributed by atoms with Crippen LogP contribution < -0.4 is 4.72 Å². The second-order valence-corrected chi connectivity index (χ2v) is 9.48. The molecule has 1 N–H and O–H groups in total. The third-order valence-electron chi connectivity index (χ3n) is 5.56. The van der Waals surface area contributed by atoms with Crippen LogP contribution in [0.4, 0.5) is 9.18 Å². The highest BCUT2D eigenvalue weighted by Crippen LogP contribution is 2.37. The number of carbonyl (C=O) groups is 2. The fourth-order valence-corrected chi connectivity index (χ4v) is 5.20. The summed E-state index contributed by atoms with van der Waals surface area (Å²) in [4.78, 5) is 27.1. The van der Waals surface area contributed by atoms with Gasteiger partial charge in [0.25, 0.3) is 0 Å². The molecule has 0 bridgehead atoms. The lowest BCUT2D eigenvalue weighted by Gasteiger charge is -2.27. The van der Waals surface area contributed by atoms with E-state index in [1.54, 1.807) is 31.0 Å². The van der Waals surface area contributed by atoms with Crippen molar-refractivity contribution in [2.24, 2.45) is 13.0 Å². The normalized spacial score (nSPS) is 23.0. The quantitative estimate of drug-likeness (QED) is 0.638. The summed E-state index contributed by atoms with van der Waals surface area (Å²) >= 11 is 0. The van der Waals surface area contributed by atoms with E-state index in [9.17, 15) is 22.4 Å². The lowest BCUT2D eigenvalue weighted by molar-refractivity contribution is -0.436. The van der Waals surface area contributed by atoms with E-state index in [1.165, 1.54) is 22.8 Å². The molecule has 1 fully saturated rings. The number of hydrogen-bond acceptors (Lipinski definition) is 5. The van der Waals surface area contributed by atoms with Crippen LogP contribution in [0.2, 0.25) is 0 Å². The topological polar surface area (TPSA) is 104 Å². The van der Waals surface area contributed by atoms with Crippen LogP contribution in [0.3, 0.4) is 0 Å². The Bertz CT molecular complexity index is 1110. The minimum atomic E-state index is -3.99. The number of nitrogens with zero attached hydrogens (tertiary/aromatic N) is 4. The van der Waals surface area contributed by atoms with Gasteiger partial charge in [-0.05, 0) is 38.0 Å². The highest BCUT2D eigenvalue weighted by atomic mass is 32.2. The number of nitrogens with one attached hydrogen (secondary N) is 1. The zero-order chi connectivity index (χ0) is 21.7. The summed E-state index contributed by atoms with van der Waals surface area (Å²) in [6, 6.07) is -0.463. The van der Waals surface area contributed by atoms with Crippen molar-refractivity contribution in [3.63, 3.8) is 0 Å². The fourth-order valence-electron chi connectivity index (χ4n) is 3.69. The van der Waals surface area contributed by atoms with Gasteiger partial charge in [0.2, 0.25) is 10.0 Å². The zero-order valence-corrected chi connectivity index (χ0v) is 17.5. The van der Waals surface area contributed by atoms with Crippen molar-refractivity contribution < 1.29 is 27.0 Å². The maximum Gasteiger partial charge on any atom is 0.501 e. The average Bonchev–Trinajstić information content (AvgIpc) is 3.36. The molecule has 0 aromatic carbocycles. The first-order valence-corrected chi connectivity index (χ1v) is 11.1. The van der Waals surface area contributed by atoms with Crippen LogP contribution in [0, 0.1) is 5.92 Å². The number of halogens is 1. The number of allylic oxidation sites excluding steroid dienone is 2. The zero-order valence-electron chi connectivity index (χ0n) is 16.7. The molecule has 1 aromatic rings. The summed E-state index contributed by atoms with van der Waals surface area (Å²) in [5, 5.41) is 4.05. The van der Waals surface area contributed by atoms with Gasteiger partial charge in [0.1, 0.15) is 24.8 Å². The third-order valence-corrected chi connectivity index (χ3v) is 7.15. The lowest BCUT2D eigenvalue weighted by Crippen LogP contribution is -2.54. The minimum Gasteiger partial charge on any atom is -0.275 e. The SMILES string of the molecule is CC[N+]1=C2C=CC(S(=O)(=O)NC3(CF)CC3)=CC2C(=O)N(Cc2cnn(C)c2)C1=O. The number of rotatable bonds is 7. The van der Waals surface area contributed by atoms with Crippen LogP contribution in [0.15, 0.2) is 35.5 Å². The van der Waals surface area contributed by atoms with E-state index >= 15 is 0 Å². The number of aryl methyl sites for hydroxylation is 1. The van der Waals surface area contributed by atoms with Gasteiger partial charge in [-0.2, -0.15) is 19.4 Å². The summed E-state index contributed by atoms with van der Waals surface area (Å²) in [5.74, 6) is -1.43.